The highest BCUT2D eigenvalue weighted by Crippen LogP contribution is 2.25. The minimum atomic E-state index is -0.522. The van der Waals surface area contributed by atoms with Crippen molar-refractivity contribution < 1.29 is 14.4 Å². The van der Waals surface area contributed by atoms with Gasteiger partial charge in [-0.05, 0) is 43.2 Å². The molecule has 1 unspecified atom stereocenters. The lowest BCUT2D eigenvalue weighted by atomic mass is 10.2. The molecule has 1 aromatic heterocycles. The summed E-state index contributed by atoms with van der Waals surface area (Å²) in [5, 5.41) is 0.850. The van der Waals surface area contributed by atoms with Crippen molar-refractivity contribution in [2.75, 3.05) is 0 Å². The molecule has 0 fully saturated rings. The largest absolute Gasteiger partial charge is 0.489 e. The highest BCUT2D eigenvalue weighted by molar-refractivity contribution is 5.97. The maximum atomic E-state index is 11.7. The Bertz CT molecular complexity index is 871. The average Bonchev–Trinajstić information content (AvgIpc) is 2.98. The third-order valence-electron chi connectivity index (χ3n) is 4.09. The predicted octanol–water partition coefficient (Wildman–Crippen LogP) is 3.55. The van der Waals surface area contributed by atoms with Gasteiger partial charge in [-0.15, -0.1) is 0 Å². The van der Waals surface area contributed by atoms with Gasteiger partial charge in [0.2, 0.25) is 0 Å². The van der Waals surface area contributed by atoms with E-state index < -0.39 is 5.91 Å². The first-order valence-corrected chi connectivity index (χ1v) is 8.37. The standard InChI is InChI=1S/C20H22N2O3/c1-3-14(2)25-22-18-10-9-17(11-16(18)12-19(22)20(21)23)24-13-15-7-5-4-6-8-15/h4-12,14H,3,13H2,1-2H3,(H2,21,23). The number of fused-ring (bicyclic) bond motifs is 1. The Morgan fingerprint density at radius 1 is 1.16 bits per heavy atom. The molecular weight excluding hydrogens is 316 g/mol. The number of hydrogen-bond donors (Lipinski definition) is 1. The topological polar surface area (TPSA) is 66.5 Å². The fourth-order valence-corrected chi connectivity index (χ4v) is 2.54. The van der Waals surface area contributed by atoms with E-state index in [4.69, 9.17) is 15.3 Å². The van der Waals surface area contributed by atoms with Crippen LogP contribution in [-0.2, 0) is 6.61 Å². The second-order valence-corrected chi connectivity index (χ2v) is 6.01. The lowest BCUT2D eigenvalue weighted by Crippen LogP contribution is -2.26. The van der Waals surface area contributed by atoms with Crippen molar-refractivity contribution in [1.82, 2.24) is 4.73 Å². The zero-order valence-corrected chi connectivity index (χ0v) is 14.4. The van der Waals surface area contributed by atoms with Gasteiger partial charge < -0.3 is 15.3 Å². The molecule has 5 heteroatoms. The summed E-state index contributed by atoms with van der Waals surface area (Å²) in [7, 11) is 0. The van der Waals surface area contributed by atoms with Gasteiger partial charge >= 0.3 is 0 Å². The van der Waals surface area contributed by atoms with Crippen LogP contribution in [0.15, 0.2) is 54.6 Å². The second kappa shape index (κ2) is 7.30. The number of primary amides is 1. The van der Waals surface area contributed by atoms with E-state index in [0.29, 0.717) is 12.3 Å². The molecule has 0 bridgehead atoms. The molecule has 5 nitrogen and oxygen atoms in total. The third-order valence-corrected chi connectivity index (χ3v) is 4.09. The van der Waals surface area contributed by atoms with Crippen molar-refractivity contribution in [2.45, 2.75) is 33.0 Å². The quantitative estimate of drug-likeness (QED) is 0.716. The van der Waals surface area contributed by atoms with Gasteiger partial charge in [0.1, 0.15) is 24.2 Å². The van der Waals surface area contributed by atoms with Gasteiger partial charge in [-0.2, -0.15) is 4.73 Å². The molecule has 1 amide bonds. The van der Waals surface area contributed by atoms with Crippen LogP contribution in [-0.4, -0.2) is 16.7 Å². The molecule has 3 rings (SSSR count). The van der Waals surface area contributed by atoms with Crippen LogP contribution in [0.2, 0.25) is 0 Å². The Morgan fingerprint density at radius 2 is 1.92 bits per heavy atom. The fourth-order valence-electron chi connectivity index (χ4n) is 2.54. The van der Waals surface area contributed by atoms with Crippen molar-refractivity contribution in [2.24, 2.45) is 5.73 Å². The summed E-state index contributed by atoms with van der Waals surface area (Å²) in [5.74, 6) is 0.208. The molecule has 130 valence electrons. The smallest absolute Gasteiger partial charge is 0.268 e. The van der Waals surface area contributed by atoms with Gasteiger partial charge in [-0.1, -0.05) is 37.3 Å². The van der Waals surface area contributed by atoms with Crippen LogP contribution >= 0.6 is 0 Å². The summed E-state index contributed by atoms with van der Waals surface area (Å²) in [6.45, 7) is 4.46. The van der Waals surface area contributed by atoms with Crippen LogP contribution in [0.1, 0.15) is 36.3 Å². The summed E-state index contributed by atoms with van der Waals surface area (Å²) >= 11 is 0. The highest BCUT2D eigenvalue weighted by Gasteiger charge is 2.16. The molecule has 25 heavy (non-hydrogen) atoms. The van der Waals surface area contributed by atoms with Crippen molar-refractivity contribution in [3.63, 3.8) is 0 Å². The minimum absolute atomic E-state index is 0.0253. The van der Waals surface area contributed by atoms with Crippen LogP contribution in [0.25, 0.3) is 10.9 Å². The van der Waals surface area contributed by atoms with E-state index in [1.54, 1.807) is 6.07 Å². The molecule has 0 saturated heterocycles. The van der Waals surface area contributed by atoms with Crippen LogP contribution in [0.5, 0.6) is 5.75 Å². The van der Waals surface area contributed by atoms with E-state index in [1.165, 1.54) is 4.73 Å². The molecule has 2 N–H and O–H groups in total. The lowest BCUT2D eigenvalue weighted by Gasteiger charge is -2.16. The first kappa shape index (κ1) is 16.9. The van der Waals surface area contributed by atoms with Crippen LogP contribution in [0.4, 0.5) is 0 Å². The number of ether oxygens (including phenoxy) is 1. The van der Waals surface area contributed by atoms with Gasteiger partial charge in [0.05, 0.1) is 5.52 Å². The first-order chi connectivity index (χ1) is 12.1. The molecule has 0 aliphatic carbocycles. The summed E-state index contributed by atoms with van der Waals surface area (Å²) < 4.78 is 7.37. The Kier molecular flexibility index (Phi) is 4.93. The van der Waals surface area contributed by atoms with Gasteiger partial charge in [0.15, 0.2) is 0 Å². The molecule has 3 aromatic rings. The number of hydrogen-bond acceptors (Lipinski definition) is 3. The van der Waals surface area contributed by atoms with E-state index in [-0.39, 0.29) is 6.10 Å². The number of benzene rings is 2. The number of rotatable bonds is 7. The van der Waals surface area contributed by atoms with Crippen molar-refractivity contribution in [3.05, 3.63) is 65.9 Å². The van der Waals surface area contributed by atoms with Crippen LogP contribution in [0.3, 0.4) is 0 Å². The molecule has 1 heterocycles. The average molecular weight is 338 g/mol. The van der Waals surface area contributed by atoms with Gasteiger partial charge in [-0.3, -0.25) is 4.79 Å². The lowest BCUT2D eigenvalue weighted by molar-refractivity contribution is 0.0482. The SMILES string of the molecule is CCC(C)On1c(C(N)=O)cc2cc(OCc3ccccc3)ccc21. The number of carbonyl (C=O) groups is 1. The molecule has 0 spiro atoms. The minimum Gasteiger partial charge on any atom is -0.489 e. The Morgan fingerprint density at radius 3 is 2.60 bits per heavy atom. The maximum Gasteiger partial charge on any atom is 0.268 e. The third kappa shape index (κ3) is 3.76. The van der Waals surface area contributed by atoms with Gasteiger partial charge in [-0.25, -0.2) is 0 Å². The van der Waals surface area contributed by atoms with Gasteiger partial charge in [0.25, 0.3) is 5.91 Å². The normalized spacial score (nSPS) is 12.1. The van der Waals surface area contributed by atoms with E-state index in [2.05, 4.69) is 0 Å². The fraction of sp³-hybridized carbons (Fsp3) is 0.250. The van der Waals surface area contributed by atoms with Crippen molar-refractivity contribution in [3.8, 4) is 5.75 Å². The Balaban J connectivity index is 1.88. The Labute approximate surface area is 146 Å². The summed E-state index contributed by atoms with van der Waals surface area (Å²) in [5.41, 5.74) is 7.71. The van der Waals surface area contributed by atoms with Crippen LogP contribution in [0, 0.1) is 0 Å². The van der Waals surface area contributed by atoms with E-state index in [9.17, 15) is 4.79 Å². The van der Waals surface area contributed by atoms with Gasteiger partial charge in [0, 0.05) is 5.39 Å². The molecular formula is C20H22N2O3. The highest BCUT2D eigenvalue weighted by atomic mass is 16.7. The number of carbonyl (C=O) groups excluding carboxylic acids is 1. The second-order valence-electron chi connectivity index (χ2n) is 6.01. The zero-order valence-electron chi connectivity index (χ0n) is 14.4. The molecule has 1 atom stereocenters. The maximum absolute atomic E-state index is 11.7. The number of nitrogens with zero attached hydrogens (tertiary/aromatic N) is 1. The molecule has 0 saturated carbocycles. The van der Waals surface area contributed by atoms with Crippen molar-refractivity contribution in [1.29, 1.82) is 0 Å². The van der Waals surface area contributed by atoms with Crippen LogP contribution < -0.4 is 15.3 Å². The molecule has 0 aliphatic heterocycles. The zero-order chi connectivity index (χ0) is 17.8. The van der Waals surface area contributed by atoms with E-state index >= 15 is 0 Å². The Hall–Kier alpha value is -2.95. The predicted molar refractivity (Wildman–Crippen MR) is 97.6 cm³/mol. The number of nitrogens with two attached hydrogens (primary N) is 1. The van der Waals surface area contributed by atoms with Crippen molar-refractivity contribution >= 4 is 16.8 Å². The number of amides is 1. The van der Waals surface area contributed by atoms with E-state index in [1.807, 2.05) is 62.4 Å². The number of aromatic nitrogens is 1. The molecule has 0 aliphatic rings. The molecule has 0 radical (unpaired) electrons. The summed E-state index contributed by atoms with van der Waals surface area (Å²) in [6, 6.07) is 17.3. The monoisotopic (exact) mass is 338 g/mol. The molecule has 2 aromatic carbocycles. The summed E-state index contributed by atoms with van der Waals surface area (Å²) in [6.07, 6.45) is 0.804. The summed E-state index contributed by atoms with van der Waals surface area (Å²) in [4.78, 5) is 17.6. The first-order valence-electron chi connectivity index (χ1n) is 8.37. The van der Waals surface area contributed by atoms with E-state index in [0.717, 1.165) is 28.6 Å².